The number of hydrogen-bond donors (Lipinski definition) is 2. The molecule has 19 heavy (non-hydrogen) atoms. The highest BCUT2D eigenvalue weighted by Gasteiger charge is 2.07. The van der Waals surface area contributed by atoms with Gasteiger partial charge in [-0.05, 0) is 30.9 Å². The molecule has 0 atom stereocenters. The van der Waals surface area contributed by atoms with Crippen molar-refractivity contribution in [3.05, 3.63) is 36.4 Å². The van der Waals surface area contributed by atoms with Gasteiger partial charge in [0.2, 0.25) is 0 Å². The standard InChI is InChI=1S/C13H15NO4S/c1-9(12(15)16)6-7-14-13(17)18-10-4-3-5-11(8-10)19-2/h3-5,8H,1,6-7H2,2H3,(H,14,17)(H,15,16). The molecule has 1 rings (SSSR count). The van der Waals surface area contributed by atoms with Crippen LogP contribution in [-0.2, 0) is 4.79 Å². The summed E-state index contributed by atoms with van der Waals surface area (Å²) in [5.74, 6) is -0.621. The van der Waals surface area contributed by atoms with Crippen molar-refractivity contribution in [3.63, 3.8) is 0 Å². The number of rotatable bonds is 6. The minimum Gasteiger partial charge on any atom is -0.478 e. The van der Waals surface area contributed by atoms with E-state index in [1.165, 1.54) is 0 Å². The van der Waals surface area contributed by atoms with E-state index in [9.17, 15) is 9.59 Å². The molecule has 1 aromatic carbocycles. The summed E-state index contributed by atoms with van der Waals surface area (Å²) in [4.78, 5) is 22.9. The summed E-state index contributed by atoms with van der Waals surface area (Å²) in [6.45, 7) is 3.54. The smallest absolute Gasteiger partial charge is 0.412 e. The lowest BCUT2D eigenvalue weighted by molar-refractivity contribution is -0.132. The Labute approximate surface area is 115 Å². The molecule has 0 heterocycles. The first-order chi connectivity index (χ1) is 9.02. The van der Waals surface area contributed by atoms with Crippen LogP contribution in [0, 0.1) is 0 Å². The Hall–Kier alpha value is -1.95. The maximum Gasteiger partial charge on any atom is 0.412 e. The summed E-state index contributed by atoms with van der Waals surface area (Å²) in [5.41, 5.74) is 0.0460. The quantitative estimate of drug-likeness (QED) is 0.619. The Morgan fingerprint density at radius 3 is 2.84 bits per heavy atom. The molecule has 0 aliphatic rings. The van der Waals surface area contributed by atoms with Crippen LogP contribution < -0.4 is 10.1 Å². The van der Waals surface area contributed by atoms with Crippen LogP contribution in [0.2, 0.25) is 0 Å². The summed E-state index contributed by atoms with van der Waals surface area (Å²) in [6.07, 6.45) is 1.49. The van der Waals surface area contributed by atoms with Crippen molar-refractivity contribution in [1.82, 2.24) is 5.32 Å². The maximum absolute atomic E-state index is 11.4. The number of ether oxygens (including phenoxy) is 1. The van der Waals surface area contributed by atoms with Gasteiger partial charge in [-0.15, -0.1) is 11.8 Å². The third kappa shape index (κ3) is 5.48. The van der Waals surface area contributed by atoms with Gasteiger partial charge in [-0.2, -0.15) is 0 Å². The van der Waals surface area contributed by atoms with E-state index in [-0.39, 0.29) is 18.5 Å². The van der Waals surface area contributed by atoms with Crippen LogP contribution in [0.3, 0.4) is 0 Å². The van der Waals surface area contributed by atoms with Gasteiger partial charge in [0.05, 0.1) is 0 Å². The number of hydrogen-bond acceptors (Lipinski definition) is 4. The Bertz CT molecular complexity index is 487. The van der Waals surface area contributed by atoms with Gasteiger partial charge in [-0.25, -0.2) is 9.59 Å². The second-order valence-corrected chi connectivity index (χ2v) is 4.53. The summed E-state index contributed by atoms with van der Waals surface area (Å²) in [5, 5.41) is 11.1. The molecule has 1 aromatic rings. The summed E-state index contributed by atoms with van der Waals surface area (Å²) in [7, 11) is 0. The first-order valence-electron chi connectivity index (χ1n) is 5.53. The highest BCUT2D eigenvalue weighted by atomic mass is 32.2. The van der Waals surface area contributed by atoms with E-state index in [0.29, 0.717) is 5.75 Å². The Morgan fingerprint density at radius 1 is 1.47 bits per heavy atom. The highest BCUT2D eigenvalue weighted by Crippen LogP contribution is 2.20. The zero-order valence-electron chi connectivity index (χ0n) is 10.5. The fraction of sp³-hybridized carbons (Fsp3) is 0.231. The molecular formula is C13H15NO4S. The second-order valence-electron chi connectivity index (χ2n) is 3.65. The lowest BCUT2D eigenvalue weighted by atomic mass is 10.2. The second kappa shape index (κ2) is 7.48. The van der Waals surface area contributed by atoms with Gasteiger partial charge >= 0.3 is 12.1 Å². The first kappa shape index (κ1) is 15.1. The number of thioether (sulfide) groups is 1. The lowest BCUT2D eigenvalue weighted by Crippen LogP contribution is -2.28. The molecule has 102 valence electrons. The number of carbonyl (C=O) groups excluding carboxylic acids is 1. The van der Waals surface area contributed by atoms with E-state index in [1.807, 2.05) is 12.3 Å². The van der Waals surface area contributed by atoms with Crippen LogP contribution in [0.25, 0.3) is 0 Å². The first-order valence-corrected chi connectivity index (χ1v) is 6.76. The molecule has 0 fully saturated rings. The van der Waals surface area contributed by atoms with Gasteiger partial charge in [0.25, 0.3) is 0 Å². The van der Waals surface area contributed by atoms with Crippen LogP contribution in [0.5, 0.6) is 5.75 Å². The molecule has 0 aromatic heterocycles. The monoisotopic (exact) mass is 281 g/mol. The molecule has 5 nitrogen and oxygen atoms in total. The van der Waals surface area contributed by atoms with Gasteiger partial charge < -0.3 is 15.2 Å². The van der Waals surface area contributed by atoms with Crippen LogP contribution >= 0.6 is 11.8 Å². The van der Waals surface area contributed by atoms with Crippen molar-refractivity contribution < 1.29 is 19.4 Å². The molecule has 0 unspecified atom stereocenters. The van der Waals surface area contributed by atoms with Crippen molar-refractivity contribution in [1.29, 1.82) is 0 Å². The highest BCUT2D eigenvalue weighted by molar-refractivity contribution is 7.98. The van der Waals surface area contributed by atoms with Crippen LogP contribution in [0.1, 0.15) is 6.42 Å². The summed E-state index contributed by atoms with van der Waals surface area (Å²) >= 11 is 1.55. The fourth-order valence-corrected chi connectivity index (χ4v) is 1.68. The number of benzene rings is 1. The number of nitrogens with one attached hydrogen (secondary N) is 1. The van der Waals surface area contributed by atoms with Crippen molar-refractivity contribution in [2.45, 2.75) is 11.3 Å². The molecule has 6 heteroatoms. The van der Waals surface area contributed by atoms with Crippen molar-refractivity contribution in [2.75, 3.05) is 12.8 Å². The van der Waals surface area contributed by atoms with E-state index in [4.69, 9.17) is 9.84 Å². The van der Waals surface area contributed by atoms with Gasteiger partial charge in [0, 0.05) is 17.0 Å². The predicted molar refractivity (Wildman–Crippen MR) is 73.6 cm³/mol. The molecule has 0 aliphatic heterocycles. The molecule has 0 saturated heterocycles. The average Bonchev–Trinajstić information content (AvgIpc) is 2.38. The number of carbonyl (C=O) groups is 2. The van der Waals surface area contributed by atoms with Crippen molar-refractivity contribution in [3.8, 4) is 5.75 Å². The van der Waals surface area contributed by atoms with Crippen LogP contribution in [0.15, 0.2) is 41.3 Å². The molecule has 0 bridgehead atoms. The van der Waals surface area contributed by atoms with Gasteiger partial charge in [-0.1, -0.05) is 12.6 Å². The topological polar surface area (TPSA) is 75.6 Å². The zero-order valence-corrected chi connectivity index (χ0v) is 11.3. The molecule has 1 amide bonds. The predicted octanol–water partition coefficient (Wildman–Crippen LogP) is 2.53. The van der Waals surface area contributed by atoms with Crippen LogP contribution in [-0.4, -0.2) is 30.0 Å². The van der Waals surface area contributed by atoms with Crippen molar-refractivity contribution >= 4 is 23.8 Å². The van der Waals surface area contributed by atoms with E-state index in [0.717, 1.165) is 4.90 Å². The third-order valence-electron chi connectivity index (χ3n) is 2.25. The Balaban J connectivity index is 2.38. The van der Waals surface area contributed by atoms with E-state index in [1.54, 1.807) is 30.0 Å². The number of carboxylic acids is 1. The fourth-order valence-electron chi connectivity index (χ4n) is 1.23. The third-order valence-corrected chi connectivity index (χ3v) is 2.98. The summed E-state index contributed by atoms with van der Waals surface area (Å²) < 4.78 is 5.06. The Morgan fingerprint density at radius 2 is 2.21 bits per heavy atom. The molecular weight excluding hydrogens is 266 g/mol. The van der Waals surface area contributed by atoms with E-state index >= 15 is 0 Å². The van der Waals surface area contributed by atoms with Crippen LogP contribution in [0.4, 0.5) is 4.79 Å². The molecule has 2 N–H and O–H groups in total. The van der Waals surface area contributed by atoms with Gasteiger partial charge in [-0.3, -0.25) is 0 Å². The minimum absolute atomic E-state index is 0.0460. The molecule has 0 aliphatic carbocycles. The normalized spacial score (nSPS) is 9.74. The van der Waals surface area contributed by atoms with Gasteiger partial charge in [0.1, 0.15) is 5.75 Å². The summed E-state index contributed by atoms with van der Waals surface area (Å²) in [6, 6.07) is 7.13. The van der Waals surface area contributed by atoms with E-state index in [2.05, 4.69) is 11.9 Å². The largest absolute Gasteiger partial charge is 0.478 e. The maximum atomic E-state index is 11.4. The minimum atomic E-state index is -1.07. The SMILES string of the molecule is C=C(CCNC(=O)Oc1cccc(SC)c1)C(=O)O. The van der Waals surface area contributed by atoms with Crippen molar-refractivity contribution in [2.24, 2.45) is 0 Å². The molecule has 0 radical (unpaired) electrons. The van der Waals surface area contributed by atoms with E-state index < -0.39 is 12.1 Å². The number of amides is 1. The zero-order chi connectivity index (χ0) is 14.3. The average molecular weight is 281 g/mol. The lowest BCUT2D eigenvalue weighted by Gasteiger charge is -2.07. The Kier molecular flexibility index (Phi) is 5.95. The molecule has 0 saturated carbocycles. The van der Waals surface area contributed by atoms with Gasteiger partial charge in [0.15, 0.2) is 0 Å². The number of carboxylic acid groups (broad SMARTS) is 1. The number of aliphatic carboxylic acids is 1. The molecule has 0 spiro atoms.